The summed E-state index contributed by atoms with van der Waals surface area (Å²) in [5, 5.41) is 2.79. The minimum atomic E-state index is -0.512. The average Bonchev–Trinajstić information content (AvgIpc) is 2.59. The lowest BCUT2D eigenvalue weighted by atomic mass is 9.85. The van der Waals surface area contributed by atoms with E-state index in [4.69, 9.17) is 14.2 Å². The quantitative estimate of drug-likeness (QED) is 0.805. The number of nitrogens with one attached hydrogen (secondary N) is 1. The summed E-state index contributed by atoms with van der Waals surface area (Å²) >= 11 is 0. The predicted molar refractivity (Wildman–Crippen MR) is 77.9 cm³/mol. The smallest absolute Gasteiger partial charge is 0.407 e. The number of hydrogen-bond donors (Lipinski definition) is 1. The van der Waals surface area contributed by atoms with E-state index >= 15 is 0 Å². The van der Waals surface area contributed by atoms with Gasteiger partial charge in [-0.3, -0.25) is 4.79 Å². The molecule has 1 amide bonds. The Balaban J connectivity index is 2.51. The molecule has 0 aromatic rings. The highest BCUT2D eigenvalue weighted by Crippen LogP contribution is 2.26. The molecule has 1 heterocycles. The van der Waals surface area contributed by atoms with E-state index < -0.39 is 11.7 Å². The van der Waals surface area contributed by atoms with E-state index in [2.05, 4.69) is 5.32 Å². The van der Waals surface area contributed by atoms with Crippen LogP contribution in [0.4, 0.5) is 4.79 Å². The molecule has 0 radical (unpaired) electrons. The lowest BCUT2D eigenvalue weighted by molar-refractivity contribution is -0.142. The third-order valence-corrected chi connectivity index (χ3v) is 3.50. The molecule has 0 saturated carbocycles. The molecule has 1 rings (SSSR count). The molecule has 122 valence electrons. The Labute approximate surface area is 126 Å². The fourth-order valence-corrected chi connectivity index (χ4v) is 2.41. The summed E-state index contributed by atoms with van der Waals surface area (Å²) in [5.74, 6) is 0.137. The minimum absolute atomic E-state index is 0.162. The standard InChI is InChI=1S/C15H27NO5/c1-15(2,3)21-14(18)16-10-12-6-8-20-7-5-11(12)9-13(17)19-4/h11-12H,5-10H2,1-4H3,(H,16,18)/t11-,12+/m1/s1. The minimum Gasteiger partial charge on any atom is -0.469 e. The first-order valence-electron chi connectivity index (χ1n) is 7.43. The molecule has 1 fully saturated rings. The molecule has 2 atom stereocenters. The molecule has 0 unspecified atom stereocenters. The van der Waals surface area contributed by atoms with Crippen LogP contribution in [-0.4, -0.2) is 44.5 Å². The average molecular weight is 301 g/mol. The molecule has 1 saturated heterocycles. The summed E-state index contributed by atoms with van der Waals surface area (Å²) in [6.45, 7) is 7.26. The number of methoxy groups -OCH3 is 1. The lowest BCUT2D eigenvalue weighted by Crippen LogP contribution is -2.37. The Morgan fingerprint density at radius 3 is 2.38 bits per heavy atom. The summed E-state index contributed by atoms with van der Waals surface area (Å²) in [7, 11) is 1.39. The summed E-state index contributed by atoms with van der Waals surface area (Å²) in [5.41, 5.74) is -0.512. The molecule has 21 heavy (non-hydrogen) atoms. The second kappa shape index (κ2) is 8.22. The molecule has 0 aliphatic carbocycles. The normalized spacial score (nSPS) is 23.0. The highest BCUT2D eigenvalue weighted by molar-refractivity contribution is 5.69. The first-order valence-corrected chi connectivity index (χ1v) is 7.43. The zero-order valence-corrected chi connectivity index (χ0v) is 13.4. The van der Waals surface area contributed by atoms with Crippen LogP contribution in [-0.2, 0) is 19.0 Å². The van der Waals surface area contributed by atoms with Crippen LogP contribution in [0.15, 0.2) is 0 Å². The van der Waals surface area contributed by atoms with Gasteiger partial charge in [0.15, 0.2) is 0 Å². The van der Waals surface area contributed by atoms with Gasteiger partial charge in [0.2, 0.25) is 0 Å². The van der Waals surface area contributed by atoms with Gasteiger partial charge < -0.3 is 19.5 Å². The van der Waals surface area contributed by atoms with Crippen molar-refractivity contribution in [1.82, 2.24) is 5.32 Å². The second-order valence-corrected chi connectivity index (χ2v) is 6.37. The Bertz CT molecular complexity index is 350. The number of ether oxygens (including phenoxy) is 3. The van der Waals surface area contributed by atoms with Crippen LogP contribution in [0, 0.1) is 11.8 Å². The Morgan fingerprint density at radius 1 is 1.19 bits per heavy atom. The summed E-state index contributed by atoms with van der Waals surface area (Å²) in [6, 6.07) is 0. The number of carbonyl (C=O) groups is 2. The van der Waals surface area contributed by atoms with Crippen molar-refractivity contribution in [2.45, 2.75) is 45.6 Å². The monoisotopic (exact) mass is 301 g/mol. The molecule has 0 bridgehead atoms. The lowest BCUT2D eigenvalue weighted by Gasteiger charge is -2.25. The molecule has 6 heteroatoms. The van der Waals surface area contributed by atoms with Crippen LogP contribution >= 0.6 is 0 Å². The number of hydrogen-bond acceptors (Lipinski definition) is 5. The van der Waals surface area contributed by atoms with E-state index in [1.165, 1.54) is 7.11 Å². The first kappa shape index (κ1) is 17.8. The Morgan fingerprint density at radius 2 is 1.81 bits per heavy atom. The van der Waals surface area contributed by atoms with Crippen molar-refractivity contribution in [2.24, 2.45) is 11.8 Å². The van der Waals surface area contributed by atoms with Gasteiger partial charge in [0.1, 0.15) is 5.60 Å². The maximum atomic E-state index is 11.7. The largest absolute Gasteiger partial charge is 0.469 e. The Kier molecular flexibility index (Phi) is 6.95. The van der Waals surface area contributed by atoms with Gasteiger partial charge in [-0.25, -0.2) is 4.79 Å². The van der Waals surface area contributed by atoms with Crippen LogP contribution in [0.1, 0.15) is 40.0 Å². The van der Waals surface area contributed by atoms with Gasteiger partial charge in [-0.05, 0) is 45.4 Å². The van der Waals surface area contributed by atoms with Gasteiger partial charge in [-0.15, -0.1) is 0 Å². The number of carbonyl (C=O) groups excluding carboxylic acids is 2. The van der Waals surface area contributed by atoms with Crippen LogP contribution in [0.25, 0.3) is 0 Å². The zero-order valence-electron chi connectivity index (χ0n) is 13.4. The van der Waals surface area contributed by atoms with E-state index in [0.717, 1.165) is 12.8 Å². The van der Waals surface area contributed by atoms with Crippen LogP contribution in [0.2, 0.25) is 0 Å². The highest BCUT2D eigenvalue weighted by atomic mass is 16.6. The van der Waals surface area contributed by atoms with Crippen LogP contribution in [0.3, 0.4) is 0 Å². The number of rotatable bonds is 4. The molecule has 0 spiro atoms. The summed E-state index contributed by atoms with van der Waals surface area (Å²) in [6.07, 6.45) is 1.55. The molecule has 1 aliphatic rings. The Hall–Kier alpha value is -1.30. The van der Waals surface area contributed by atoms with Crippen molar-refractivity contribution in [3.05, 3.63) is 0 Å². The van der Waals surface area contributed by atoms with Gasteiger partial charge >= 0.3 is 12.1 Å². The van der Waals surface area contributed by atoms with Gasteiger partial charge in [0.25, 0.3) is 0 Å². The van der Waals surface area contributed by atoms with Gasteiger partial charge in [-0.1, -0.05) is 0 Å². The van der Waals surface area contributed by atoms with E-state index in [1.54, 1.807) is 0 Å². The fraction of sp³-hybridized carbons (Fsp3) is 0.867. The van der Waals surface area contributed by atoms with Gasteiger partial charge in [0.05, 0.1) is 7.11 Å². The van der Waals surface area contributed by atoms with E-state index in [9.17, 15) is 9.59 Å². The summed E-state index contributed by atoms with van der Waals surface area (Å²) in [4.78, 5) is 23.2. The fourth-order valence-electron chi connectivity index (χ4n) is 2.41. The van der Waals surface area contributed by atoms with E-state index in [0.29, 0.717) is 26.2 Å². The molecular weight excluding hydrogens is 274 g/mol. The third kappa shape index (κ3) is 7.32. The van der Waals surface area contributed by atoms with Crippen LogP contribution in [0.5, 0.6) is 0 Å². The number of alkyl carbamates (subject to hydrolysis) is 1. The zero-order chi connectivity index (χ0) is 15.9. The highest BCUT2D eigenvalue weighted by Gasteiger charge is 2.27. The summed E-state index contributed by atoms with van der Waals surface area (Å²) < 4.78 is 15.4. The van der Waals surface area contributed by atoms with Crippen LogP contribution < -0.4 is 5.32 Å². The molecular formula is C15H27NO5. The SMILES string of the molecule is COC(=O)C[C@H]1CCOCC[C@H]1CNC(=O)OC(C)(C)C. The molecule has 1 N–H and O–H groups in total. The van der Waals surface area contributed by atoms with Crippen molar-refractivity contribution in [1.29, 1.82) is 0 Å². The predicted octanol–water partition coefficient (Wildman–Crippen LogP) is 2.12. The van der Waals surface area contributed by atoms with Crippen molar-refractivity contribution in [3.8, 4) is 0 Å². The molecule has 0 aromatic carbocycles. The van der Waals surface area contributed by atoms with E-state index in [1.807, 2.05) is 20.8 Å². The van der Waals surface area contributed by atoms with Crippen molar-refractivity contribution < 1.29 is 23.8 Å². The molecule has 6 nitrogen and oxygen atoms in total. The maximum Gasteiger partial charge on any atom is 0.407 e. The maximum absolute atomic E-state index is 11.7. The van der Waals surface area contributed by atoms with Gasteiger partial charge in [-0.2, -0.15) is 0 Å². The van der Waals surface area contributed by atoms with E-state index in [-0.39, 0.29) is 17.8 Å². The number of esters is 1. The third-order valence-electron chi connectivity index (χ3n) is 3.50. The molecule has 1 aliphatic heterocycles. The van der Waals surface area contributed by atoms with Gasteiger partial charge in [0, 0.05) is 26.2 Å². The molecule has 0 aromatic heterocycles. The number of amides is 1. The topological polar surface area (TPSA) is 73.9 Å². The van der Waals surface area contributed by atoms with Crippen molar-refractivity contribution >= 4 is 12.1 Å². The first-order chi connectivity index (χ1) is 9.81. The second-order valence-electron chi connectivity index (χ2n) is 6.37. The van der Waals surface area contributed by atoms with Crippen molar-refractivity contribution in [2.75, 3.05) is 26.9 Å². The van der Waals surface area contributed by atoms with Crippen molar-refractivity contribution in [3.63, 3.8) is 0 Å².